The van der Waals surface area contributed by atoms with E-state index in [1.807, 2.05) is 36.4 Å². The van der Waals surface area contributed by atoms with Crippen LogP contribution in [0.25, 0.3) is 10.8 Å². The van der Waals surface area contributed by atoms with Gasteiger partial charge in [-0.05, 0) is 29.0 Å². The van der Waals surface area contributed by atoms with Gasteiger partial charge in [0.1, 0.15) is 25.5 Å². The van der Waals surface area contributed by atoms with E-state index in [-0.39, 0.29) is 43.5 Å². The van der Waals surface area contributed by atoms with Crippen molar-refractivity contribution in [3.05, 3.63) is 96.6 Å². The van der Waals surface area contributed by atoms with Crippen LogP contribution in [0.2, 0.25) is 0 Å². The van der Waals surface area contributed by atoms with Crippen molar-refractivity contribution in [3.8, 4) is 0 Å². The minimum atomic E-state index is -1.31. The number of carbonyl (C=O) groups excluding carboxylic acids is 7. The van der Waals surface area contributed by atoms with E-state index in [4.69, 9.17) is 9.84 Å². The number of ether oxygens (including phenoxy) is 1. The number of aldehydes is 1. The molecule has 19 heteroatoms. The Labute approximate surface area is 350 Å². The second kappa shape index (κ2) is 21.2. The summed E-state index contributed by atoms with van der Waals surface area (Å²) in [7, 11) is 2.06. The van der Waals surface area contributed by atoms with E-state index in [1.165, 1.54) is 29.9 Å². The Hall–Kier alpha value is -7.12. The monoisotopic (exact) mass is 833 g/mol. The first-order valence-corrected chi connectivity index (χ1v) is 19.1. The van der Waals surface area contributed by atoms with E-state index in [0.717, 1.165) is 16.0 Å². The molecule has 316 valence electrons. The molecule has 6 rings (SSSR count). The second-order valence-corrected chi connectivity index (χ2v) is 14.0. The summed E-state index contributed by atoms with van der Waals surface area (Å²) in [5.74, 6) is -4.12. The Balaban J connectivity index is 0.000000294. The summed E-state index contributed by atoms with van der Waals surface area (Å²) in [6.07, 6.45) is -0.242. The van der Waals surface area contributed by atoms with E-state index in [0.29, 0.717) is 42.3 Å². The first-order chi connectivity index (χ1) is 29.4. The van der Waals surface area contributed by atoms with Crippen molar-refractivity contribution >= 4 is 88.2 Å². The van der Waals surface area contributed by atoms with Crippen LogP contribution in [0.5, 0.6) is 0 Å². The molecule has 3 atom stereocenters. The molecule has 0 bridgehead atoms. The summed E-state index contributed by atoms with van der Waals surface area (Å²) < 4.78 is 15.5. The molecule has 0 aliphatic carbocycles. The van der Waals surface area contributed by atoms with Crippen LogP contribution in [0.4, 0.5) is 22.7 Å². The molecule has 4 aromatic carbocycles. The van der Waals surface area contributed by atoms with Gasteiger partial charge in [-0.1, -0.05) is 48.5 Å². The van der Waals surface area contributed by atoms with Gasteiger partial charge in [-0.2, -0.15) is 0 Å². The largest absolute Gasteiger partial charge is 0.481 e. The van der Waals surface area contributed by atoms with Crippen LogP contribution in [-0.4, -0.2) is 124 Å². The average molecular weight is 834 g/mol. The number of carboxylic acid groups (broad SMARTS) is 1. The predicted octanol–water partition coefficient (Wildman–Crippen LogP) is 1.12. The van der Waals surface area contributed by atoms with Crippen LogP contribution in [0.15, 0.2) is 91.0 Å². The van der Waals surface area contributed by atoms with Gasteiger partial charge in [-0.25, -0.2) is 0 Å². The van der Waals surface area contributed by atoms with Gasteiger partial charge in [0, 0.05) is 12.7 Å². The number of aliphatic carboxylic acids is 1. The van der Waals surface area contributed by atoms with Crippen molar-refractivity contribution in [2.45, 2.75) is 31.5 Å². The van der Waals surface area contributed by atoms with Crippen LogP contribution in [0, 0.1) is 0 Å². The van der Waals surface area contributed by atoms with Crippen molar-refractivity contribution < 1.29 is 52.9 Å². The van der Waals surface area contributed by atoms with Gasteiger partial charge < -0.3 is 30.2 Å². The number of benzene rings is 4. The minimum Gasteiger partial charge on any atom is -0.481 e. The van der Waals surface area contributed by atoms with E-state index >= 15 is 0 Å². The van der Waals surface area contributed by atoms with Crippen LogP contribution in [0.3, 0.4) is 0 Å². The van der Waals surface area contributed by atoms with E-state index in [2.05, 4.69) is 21.3 Å². The number of fused-ring (bicyclic) bond motifs is 3. The number of carboxylic acids is 1. The molecule has 0 aromatic heterocycles. The minimum absolute atomic E-state index is 0.0246. The third kappa shape index (κ3) is 11.3. The number of nitrogens with one attached hydrogen (secondary N) is 4. The van der Waals surface area contributed by atoms with Gasteiger partial charge >= 0.3 is 123 Å². The van der Waals surface area contributed by atoms with E-state index in [9.17, 15) is 43.1 Å². The van der Waals surface area contributed by atoms with Gasteiger partial charge in [-0.15, -0.1) is 0 Å². The molecule has 4 aromatic rings. The van der Waals surface area contributed by atoms with Crippen molar-refractivity contribution in [1.82, 2.24) is 16.0 Å². The van der Waals surface area contributed by atoms with Crippen molar-refractivity contribution in [2.75, 3.05) is 66.4 Å². The first-order valence-electron chi connectivity index (χ1n) is 19.1. The number of amides is 5. The Morgan fingerprint density at radius 3 is 2.20 bits per heavy atom. The summed E-state index contributed by atoms with van der Waals surface area (Å²) in [5.41, 5.74) is 2.31. The Morgan fingerprint density at radius 1 is 0.869 bits per heavy atom. The molecule has 0 saturated heterocycles. The van der Waals surface area contributed by atoms with Gasteiger partial charge in [0.25, 0.3) is 17.7 Å². The van der Waals surface area contributed by atoms with E-state index in [1.54, 1.807) is 48.5 Å². The molecule has 5 amide bonds. The molecular formula is C42H44BN7O11. The number of methoxy groups -OCH3 is 1. The maximum atomic E-state index is 13.9. The molecular weight excluding hydrogens is 789 g/mol. The smallest absolute Gasteiger partial charge is 0.305 e. The topological polar surface area (TPSA) is 241 Å². The number of carbonyl (C=O) groups is 8. The predicted molar refractivity (Wildman–Crippen MR) is 225 cm³/mol. The molecule has 0 radical (unpaired) electrons. The maximum absolute atomic E-state index is 13.9. The van der Waals surface area contributed by atoms with Crippen LogP contribution >= 0.6 is 0 Å². The molecule has 2 aliphatic heterocycles. The standard InChI is InChI=1S/C29H28N4O8.C13H16BN3O3/c1-41-17-26(36)32-14-22(31-28(39)21-10-6-8-18-7-2-3-9-20(18)21)29(40)33(24-12-5-4-11-23(24)32)15-25(35)30-19(16-34)13-27(37)38;1-9(18)7-17-12-5-3-2-4-10(12)15-6-11(13(17)19)16-8-14-20/h2-12,16,19,22H,13-15,17H2,1H3,(H,30,35)(H,31,39)(H,37,38);2-5,11,15-16H,6-8H2,1H3/t19-,22-;11-/m00/s1. The molecule has 2 aliphatic rings. The van der Waals surface area contributed by atoms with Crippen LogP contribution in [-0.2, 0) is 43.0 Å². The van der Waals surface area contributed by atoms with Gasteiger partial charge in [0.05, 0.1) is 30.4 Å². The molecule has 0 fully saturated rings. The number of hydrogen-bond acceptors (Lipinski definition) is 12. The fraction of sp³-hybridized carbons (Fsp3) is 0.286. The maximum Gasteiger partial charge on any atom is 0.305 e. The fourth-order valence-electron chi connectivity index (χ4n) is 6.87. The van der Waals surface area contributed by atoms with Crippen molar-refractivity contribution in [1.29, 1.82) is 0 Å². The normalized spacial score (nSPS) is 16.2. The SMILES string of the molecule is CC(=O)CN1C(=O)[C@@H](NCB=O)CNc2ccccc21.COCC(=O)N1C[C@H](NC(=O)c2cccc3ccccc23)C(=O)N(CC(=O)N[C@H](C=O)CC(=O)O)c2ccccc21. The summed E-state index contributed by atoms with van der Waals surface area (Å²) >= 11 is 0. The number of nitrogens with zero attached hydrogens (tertiary/aromatic N) is 3. The molecule has 2 heterocycles. The van der Waals surface area contributed by atoms with Crippen molar-refractivity contribution in [2.24, 2.45) is 0 Å². The summed E-state index contributed by atoms with van der Waals surface area (Å²) in [5, 5.41) is 21.6. The third-order valence-corrected chi connectivity index (χ3v) is 9.59. The zero-order chi connectivity index (χ0) is 44.1. The van der Waals surface area contributed by atoms with Crippen LogP contribution < -0.4 is 36.0 Å². The third-order valence-electron chi connectivity index (χ3n) is 9.59. The number of para-hydroxylation sites is 4. The Kier molecular flexibility index (Phi) is 15.7. The summed E-state index contributed by atoms with van der Waals surface area (Å²) in [4.78, 5) is 104. The number of anilines is 4. The van der Waals surface area contributed by atoms with E-state index < -0.39 is 60.7 Å². The molecule has 61 heavy (non-hydrogen) atoms. The summed E-state index contributed by atoms with van der Waals surface area (Å²) in [6, 6.07) is 23.1. The van der Waals surface area contributed by atoms with Gasteiger partial charge in [-0.3, -0.25) is 28.9 Å². The Bertz CT molecular complexity index is 2320. The second-order valence-electron chi connectivity index (χ2n) is 14.0. The Morgan fingerprint density at radius 2 is 1.51 bits per heavy atom. The average Bonchev–Trinajstić information content (AvgIpc) is 3.44. The zero-order valence-corrected chi connectivity index (χ0v) is 33.4. The van der Waals surface area contributed by atoms with Gasteiger partial charge in [0.15, 0.2) is 0 Å². The number of rotatable bonds is 15. The number of ketones is 1. The number of Topliss-reactive ketones (excluding diaryl/α,β-unsaturated/α-hetero) is 1. The zero-order valence-electron chi connectivity index (χ0n) is 33.4. The quantitative estimate of drug-likeness (QED) is 0.0835. The molecule has 0 spiro atoms. The van der Waals surface area contributed by atoms with Crippen LogP contribution in [0.1, 0.15) is 23.7 Å². The van der Waals surface area contributed by atoms with Crippen molar-refractivity contribution in [3.63, 3.8) is 0 Å². The number of hydrogen-bond donors (Lipinski definition) is 5. The fourth-order valence-corrected chi connectivity index (χ4v) is 6.87. The summed E-state index contributed by atoms with van der Waals surface area (Å²) in [6.45, 7) is 0.690. The molecule has 5 N–H and O–H groups in total. The molecule has 18 nitrogen and oxygen atoms in total. The first kappa shape index (κ1) is 45.0. The molecule has 0 saturated carbocycles. The molecule has 0 unspecified atom stereocenters. The van der Waals surface area contributed by atoms with Gasteiger partial charge in [0.2, 0.25) is 5.91 Å².